The van der Waals surface area contributed by atoms with Crippen molar-refractivity contribution < 1.29 is 0 Å². The van der Waals surface area contributed by atoms with Gasteiger partial charge in [-0.05, 0) is 0 Å². The predicted octanol–water partition coefficient (Wildman–Crippen LogP) is 1.96. The molecule has 0 spiro atoms. The maximum Gasteiger partial charge on any atom is 2.00 e. The van der Waals surface area contributed by atoms with Gasteiger partial charge in [-0.1, -0.05) is 0 Å². The third-order valence-electron chi connectivity index (χ3n) is 0. The molecule has 0 fully saturated rings. The molecule has 0 aliphatic carbocycles. The van der Waals surface area contributed by atoms with Crippen LogP contribution in [0, 0.1) is 5.92 Å². The molecule has 0 radical (unpaired) electrons. The van der Waals surface area contributed by atoms with Crippen molar-refractivity contribution in [2.45, 2.75) is 20.8 Å². The molecule has 2 N–H and O–H groups in total. The van der Waals surface area contributed by atoms with Gasteiger partial charge in [0, 0.05) is 0 Å². The first-order chi connectivity index (χ1) is 1.73. The molecule has 0 saturated carbocycles. The third kappa shape index (κ3) is 124. The first-order valence-electron chi connectivity index (χ1n) is 1.50. The Morgan fingerprint density at radius 3 is 1.00 bits per heavy atom. The second kappa shape index (κ2) is 9.21. The van der Waals surface area contributed by atoms with Gasteiger partial charge in [0.2, 0.25) is 0 Å². The average Bonchev–Trinajstić information content (AvgIpc) is 0.811. The van der Waals surface area contributed by atoms with Crippen molar-refractivity contribution in [3.05, 3.63) is 12.1 Å². The van der Waals surface area contributed by atoms with Gasteiger partial charge in [-0.25, -0.2) is 0 Å². The van der Waals surface area contributed by atoms with Crippen LogP contribution in [0.1, 0.15) is 20.8 Å². The van der Waals surface area contributed by atoms with Crippen LogP contribution in [0.2, 0.25) is 0 Å². The molecular formula is C4H11MgN. The van der Waals surface area contributed by atoms with Gasteiger partial charge in [-0.3, -0.25) is 0 Å². The van der Waals surface area contributed by atoms with Gasteiger partial charge in [0.05, 0.1) is 0 Å². The van der Waals surface area contributed by atoms with Crippen LogP contribution in [0.5, 0.6) is 0 Å². The van der Waals surface area contributed by atoms with Gasteiger partial charge in [0.1, 0.15) is 0 Å². The van der Waals surface area contributed by atoms with Crippen LogP contribution in [-0.4, -0.2) is 23.1 Å². The van der Waals surface area contributed by atoms with Crippen molar-refractivity contribution in [1.82, 2.24) is 0 Å². The SMILES string of the molecule is C[C-](C)C.[Mg+2].[NH2-]. The van der Waals surface area contributed by atoms with E-state index in [1.165, 1.54) is 5.92 Å². The monoisotopic (exact) mass is 97.1 g/mol. The summed E-state index contributed by atoms with van der Waals surface area (Å²) in [6.07, 6.45) is 0. The van der Waals surface area contributed by atoms with Gasteiger partial charge in [-0.15, -0.1) is 0 Å². The van der Waals surface area contributed by atoms with Crippen molar-refractivity contribution in [3.8, 4) is 0 Å². The van der Waals surface area contributed by atoms with Crippen molar-refractivity contribution in [2.24, 2.45) is 0 Å². The van der Waals surface area contributed by atoms with Crippen LogP contribution in [0.3, 0.4) is 0 Å². The van der Waals surface area contributed by atoms with Crippen LogP contribution in [-0.2, 0) is 0 Å². The predicted molar refractivity (Wildman–Crippen MR) is 31.3 cm³/mol. The summed E-state index contributed by atoms with van der Waals surface area (Å²) in [5.41, 5.74) is 0. The van der Waals surface area contributed by atoms with E-state index >= 15 is 0 Å². The third-order valence-corrected chi connectivity index (χ3v) is 0. The molecule has 1 nitrogen and oxygen atoms in total. The summed E-state index contributed by atoms with van der Waals surface area (Å²) >= 11 is 0. The molecule has 0 aliphatic rings. The summed E-state index contributed by atoms with van der Waals surface area (Å²) in [6, 6.07) is 0. The van der Waals surface area contributed by atoms with Crippen molar-refractivity contribution in [1.29, 1.82) is 0 Å². The summed E-state index contributed by atoms with van der Waals surface area (Å²) in [5, 5.41) is 0. The fourth-order valence-corrected chi connectivity index (χ4v) is 0. The first-order valence-corrected chi connectivity index (χ1v) is 1.50. The zero-order chi connectivity index (χ0) is 3.58. The summed E-state index contributed by atoms with van der Waals surface area (Å²) in [5.74, 6) is 1.42. The van der Waals surface area contributed by atoms with Crippen molar-refractivity contribution in [3.63, 3.8) is 0 Å². The second-order valence-electron chi connectivity index (χ2n) is 1.50. The molecule has 0 aromatic heterocycles. The minimum absolute atomic E-state index is 0. The zero-order valence-corrected chi connectivity index (χ0v) is 6.20. The van der Waals surface area contributed by atoms with E-state index in [0.717, 1.165) is 0 Å². The molecular weight excluding hydrogens is 86.4 g/mol. The Hall–Kier alpha value is 0.726. The van der Waals surface area contributed by atoms with Gasteiger partial charge < -0.3 is 12.1 Å². The molecule has 0 atom stereocenters. The molecule has 0 aromatic rings. The molecule has 6 heavy (non-hydrogen) atoms. The molecule has 0 aromatic carbocycles. The van der Waals surface area contributed by atoms with Gasteiger partial charge in [0.15, 0.2) is 0 Å². The van der Waals surface area contributed by atoms with Crippen molar-refractivity contribution in [2.75, 3.05) is 0 Å². The van der Waals surface area contributed by atoms with E-state index in [-0.39, 0.29) is 29.2 Å². The normalized spacial score (nSPS) is 6.00. The molecule has 0 bridgehead atoms. The smallest absolute Gasteiger partial charge is 0.693 e. The van der Waals surface area contributed by atoms with Crippen LogP contribution in [0.4, 0.5) is 0 Å². The summed E-state index contributed by atoms with van der Waals surface area (Å²) in [7, 11) is 0. The molecule has 2 heteroatoms. The molecule has 0 unspecified atom stereocenters. The number of hydrogen-bond donors (Lipinski definition) is 0. The average molecular weight is 97.4 g/mol. The van der Waals surface area contributed by atoms with Gasteiger partial charge in [0.25, 0.3) is 0 Å². The minimum atomic E-state index is 0. The van der Waals surface area contributed by atoms with E-state index in [4.69, 9.17) is 0 Å². The summed E-state index contributed by atoms with van der Waals surface area (Å²) < 4.78 is 0. The van der Waals surface area contributed by atoms with E-state index in [2.05, 4.69) is 20.8 Å². The standard InChI is InChI=1S/C4H9.Mg.H2N/c1-4(2)3;;/h1-3H3;;1H2/q-1;+2;-1. The van der Waals surface area contributed by atoms with E-state index in [1.54, 1.807) is 0 Å². The van der Waals surface area contributed by atoms with E-state index in [9.17, 15) is 0 Å². The fourth-order valence-electron chi connectivity index (χ4n) is 0. The van der Waals surface area contributed by atoms with Crippen LogP contribution in [0.15, 0.2) is 0 Å². The quantitative estimate of drug-likeness (QED) is 0.327. The van der Waals surface area contributed by atoms with Gasteiger partial charge in [-0.2, -0.15) is 20.8 Å². The topological polar surface area (TPSA) is 33.5 Å². The van der Waals surface area contributed by atoms with Crippen molar-refractivity contribution >= 4 is 23.1 Å². The minimum Gasteiger partial charge on any atom is -0.693 e. The van der Waals surface area contributed by atoms with E-state index < -0.39 is 0 Å². The largest absolute Gasteiger partial charge is 2.00 e. The maximum absolute atomic E-state index is 2.08. The molecule has 0 amide bonds. The Morgan fingerprint density at radius 2 is 1.00 bits per heavy atom. The second-order valence-corrected chi connectivity index (χ2v) is 1.50. The number of rotatable bonds is 0. The molecule has 0 aliphatic heterocycles. The Labute approximate surface area is 56.2 Å². The summed E-state index contributed by atoms with van der Waals surface area (Å²) in [4.78, 5) is 0. The van der Waals surface area contributed by atoms with E-state index in [1.807, 2.05) is 0 Å². The Bertz CT molecular complexity index is 12.3. The van der Waals surface area contributed by atoms with Crippen LogP contribution >= 0.6 is 0 Å². The Morgan fingerprint density at radius 1 is 1.00 bits per heavy atom. The summed E-state index contributed by atoms with van der Waals surface area (Å²) in [6.45, 7) is 6.25. The Kier molecular flexibility index (Phi) is 24.4. The van der Waals surface area contributed by atoms with Crippen LogP contribution in [0.25, 0.3) is 6.15 Å². The molecule has 0 heterocycles. The fraction of sp³-hybridized carbons (Fsp3) is 0.750. The Balaban J connectivity index is -0.0000000450. The maximum atomic E-state index is 2.08. The zero-order valence-electron chi connectivity index (χ0n) is 4.78. The van der Waals surface area contributed by atoms with E-state index in [0.29, 0.717) is 0 Å². The van der Waals surface area contributed by atoms with Gasteiger partial charge >= 0.3 is 23.1 Å². The first kappa shape index (κ1) is 15.9. The molecule has 34 valence electrons. The molecule has 0 rings (SSSR count). The number of hydrogen-bond acceptors (Lipinski definition) is 0. The number of nitrogens with two attached hydrogens (primary N) is 1. The van der Waals surface area contributed by atoms with Crippen LogP contribution < -0.4 is 0 Å². The molecule has 0 saturated heterocycles.